The normalized spacial score (nSPS) is 29.8. The summed E-state index contributed by atoms with van der Waals surface area (Å²) in [5.74, 6) is -0.932. The predicted octanol–water partition coefficient (Wildman–Crippen LogP) is 1.84. The number of aliphatic carboxylic acids is 1. The minimum atomic E-state index is -0.735. The van der Waals surface area contributed by atoms with Gasteiger partial charge in [0, 0.05) is 0 Å². The molecule has 1 rings (SSSR count). The van der Waals surface area contributed by atoms with Gasteiger partial charge in [-0.15, -0.1) is 0 Å². The Morgan fingerprint density at radius 1 is 1.64 bits per heavy atom. The van der Waals surface area contributed by atoms with Crippen LogP contribution in [0, 0.1) is 11.8 Å². The zero-order valence-electron chi connectivity index (χ0n) is 6.74. The summed E-state index contributed by atoms with van der Waals surface area (Å²) in [6.45, 7) is 3.90. The summed E-state index contributed by atoms with van der Waals surface area (Å²) in [4.78, 5) is 10.6. The highest BCUT2D eigenvalue weighted by Crippen LogP contribution is 2.25. The fraction of sp³-hybridized carbons (Fsp3) is 0.444. The maximum Gasteiger partial charge on any atom is 0.310 e. The van der Waals surface area contributed by atoms with Crippen molar-refractivity contribution in [3.05, 3.63) is 23.8 Å². The van der Waals surface area contributed by atoms with Crippen molar-refractivity contribution in [2.75, 3.05) is 0 Å². The van der Waals surface area contributed by atoms with E-state index in [1.807, 2.05) is 26.0 Å². The van der Waals surface area contributed by atoms with Crippen LogP contribution in [-0.2, 0) is 4.79 Å². The molecule has 2 nitrogen and oxygen atoms in total. The number of carboxylic acids is 1. The van der Waals surface area contributed by atoms with Gasteiger partial charge in [-0.2, -0.15) is 0 Å². The van der Waals surface area contributed by atoms with Crippen molar-refractivity contribution in [1.82, 2.24) is 0 Å². The second-order valence-corrected chi connectivity index (χ2v) is 2.95. The molecule has 0 aromatic heterocycles. The first kappa shape index (κ1) is 8.05. The van der Waals surface area contributed by atoms with Gasteiger partial charge in [-0.3, -0.25) is 4.79 Å². The lowest BCUT2D eigenvalue weighted by molar-refractivity contribution is -0.141. The van der Waals surface area contributed by atoms with Gasteiger partial charge in [0.15, 0.2) is 0 Å². The molecule has 1 aliphatic carbocycles. The molecular formula is C9H12O2. The molecule has 0 saturated heterocycles. The molecule has 0 saturated carbocycles. The van der Waals surface area contributed by atoms with Crippen molar-refractivity contribution in [1.29, 1.82) is 0 Å². The van der Waals surface area contributed by atoms with Gasteiger partial charge in [-0.25, -0.2) is 0 Å². The summed E-state index contributed by atoms with van der Waals surface area (Å²) in [5.41, 5.74) is 1.14. The van der Waals surface area contributed by atoms with E-state index in [1.165, 1.54) is 0 Å². The Hall–Kier alpha value is -1.05. The molecule has 1 N–H and O–H groups in total. The molecule has 0 spiro atoms. The van der Waals surface area contributed by atoms with Gasteiger partial charge in [-0.05, 0) is 12.8 Å². The third-order valence-electron chi connectivity index (χ3n) is 2.22. The Balaban J connectivity index is 2.81. The van der Waals surface area contributed by atoms with Crippen LogP contribution in [0.1, 0.15) is 13.8 Å². The van der Waals surface area contributed by atoms with Gasteiger partial charge in [0.05, 0.1) is 5.92 Å². The fourth-order valence-electron chi connectivity index (χ4n) is 1.22. The van der Waals surface area contributed by atoms with Crippen molar-refractivity contribution in [2.24, 2.45) is 11.8 Å². The Bertz CT molecular complexity index is 226. The number of carbonyl (C=O) groups is 1. The van der Waals surface area contributed by atoms with E-state index in [9.17, 15) is 4.79 Å². The first-order valence-corrected chi connectivity index (χ1v) is 3.70. The Kier molecular flexibility index (Phi) is 2.13. The number of carboxylic acid groups (broad SMARTS) is 1. The summed E-state index contributed by atoms with van der Waals surface area (Å²) in [6, 6.07) is 0. The highest BCUT2D eigenvalue weighted by atomic mass is 16.4. The lowest BCUT2D eigenvalue weighted by atomic mass is 9.84. The molecule has 2 unspecified atom stereocenters. The average Bonchev–Trinajstić information content (AvgIpc) is 1.94. The third-order valence-corrected chi connectivity index (χ3v) is 2.22. The topological polar surface area (TPSA) is 37.3 Å². The van der Waals surface area contributed by atoms with Crippen LogP contribution in [0.5, 0.6) is 0 Å². The lowest BCUT2D eigenvalue weighted by Gasteiger charge is -2.20. The van der Waals surface area contributed by atoms with Crippen LogP contribution in [0.2, 0.25) is 0 Å². The highest BCUT2D eigenvalue weighted by Gasteiger charge is 2.24. The molecule has 0 aromatic carbocycles. The van der Waals surface area contributed by atoms with E-state index in [1.54, 1.807) is 6.08 Å². The minimum absolute atomic E-state index is 0.137. The van der Waals surface area contributed by atoms with E-state index in [-0.39, 0.29) is 11.8 Å². The van der Waals surface area contributed by atoms with Crippen molar-refractivity contribution in [2.45, 2.75) is 13.8 Å². The van der Waals surface area contributed by atoms with E-state index in [4.69, 9.17) is 5.11 Å². The summed E-state index contributed by atoms with van der Waals surface area (Å²) >= 11 is 0. The molecule has 0 amide bonds. The maximum atomic E-state index is 10.6. The smallest absolute Gasteiger partial charge is 0.310 e. The van der Waals surface area contributed by atoms with Crippen LogP contribution in [0.3, 0.4) is 0 Å². The number of hydrogen-bond donors (Lipinski definition) is 1. The van der Waals surface area contributed by atoms with E-state index in [0.717, 1.165) is 5.57 Å². The minimum Gasteiger partial charge on any atom is -0.481 e. The standard InChI is InChI=1S/C9H12O2/c1-6-4-3-5-8(7(6)2)9(10)11/h3-5,7-8H,1-2H3,(H,10,11). The summed E-state index contributed by atoms with van der Waals surface area (Å²) < 4.78 is 0. The molecule has 1 aliphatic rings. The predicted molar refractivity (Wildman–Crippen MR) is 43.2 cm³/mol. The Morgan fingerprint density at radius 3 is 2.73 bits per heavy atom. The largest absolute Gasteiger partial charge is 0.481 e. The van der Waals surface area contributed by atoms with Gasteiger partial charge in [-0.1, -0.05) is 30.7 Å². The molecular weight excluding hydrogens is 140 g/mol. The zero-order chi connectivity index (χ0) is 8.43. The van der Waals surface area contributed by atoms with Gasteiger partial charge >= 0.3 is 5.97 Å². The molecule has 0 radical (unpaired) electrons. The molecule has 60 valence electrons. The summed E-state index contributed by atoms with van der Waals surface area (Å²) in [7, 11) is 0. The van der Waals surface area contributed by atoms with Gasteiger partial charge in [0.2, 0.25) is 0 Å². The van der Waals surface area contributed by atoms with E-state index in [2.05, 4.69) is 0 Å². The molecule has 0 aromatic rings. The number of hydrogen-bond acceptors (Lipinski definition) is 1. The lowest BCUT2D eigenvalue weighted by Crippen LogP contribution is -2.21. The SMILES string of the molecule is CC1=CC=CC(C(=O)O)C1C. The molecule has 11 heavy (non-hydrogen) atoms. The third kappa shape index (κ3) is 1.50. The van der Waals surface area contributed by atoms with Gasteiger partial charge < -0.3 is 5.11 Å². The molecule has 2 atom stereocenters. The quantitative estimate of drug-likeness (QED) is 0.622. The fourth-order valence-corrected chi connectivity index (χ4v) is 1.22. The monoisotopic (exact) mass is 152 g/mol. The van der Waals surface area contributed by atoms with Gasteiger partial charge in [0.25, 0.3) is 0 Å². The molecule has 0 heterocycles. The first-order valence-electron chi connectivity index (χ1n) is 3.70. The molecule has 2 heteroatoms. The van der Waals surface area contributed by atoms with E-state index < -0.39 is 5.97 Å². The maximum absolute atomic E-state index is 10.6. The summed E-state index contributed by atoms with van der Waals surface area (Å²) in [6.07, 6.45) is 5.51. The second-order valence-electron chi connectivity index (χ2n) is 2.95. The van der Waals surface area contributed by atoms with E-state index in [0.29, 0.717) is 0 Å². The molecule has 0 bridgehead atoms. The number of rotatable bonds is 1. The highest BCUT2D eigenvalue weighted by molar-refractivity contribution is 5.73. The Morgan fingerprint density at radius 2 is 2.27 bits per heavy atom. The van der Waals surface area contributed by atoms with Crippen molar-refractivity contribution >= 4 is 5.97 Å². The van der Waals surface area contributed by atoms with Crippen LogP contribution in [0.15, 0.2) is 23.8 Å². The Labute approximate surface area is 66.2 Å². The van der Waals surface area contributed by atoms with Crippen molar-refractivity contribution in [3.63, 3.8) is 0 Å². The van der Waals surface area contributed by atoms with Crippen LogP contribution in [-0.4, -0.2) is 11.1 Å². The second kappa shape index (κ2) is 2.91. The first-order chi connectivity index (χ1) is 5.13. The van der Waals surface area contributed by atoms with Crippen LogP contribution < -0.4 is 0 Å². The van der Waals surface area contributed by atoms with E-state index >= 15 is 0 Å². The summed E-state index contributed by atoms with van der Waals surface area (Å²) in [5, 5.41) is 8.75. The van der Waals surface area contributed by atoms with Crippen LogP contribution >= 0.6 is 0 Å². The van der Waals surface area contributed by atoms with Gasteiger partial charge in [0.1, 0.15) is 0 Å². The van der Waals surface area contributed by atoms with Crippen LogP contribution in [0.25, 0.3) is 0 Å². The molecule has 0 fully saturated rings. The molecule has 0 aliphatic heterocycles. The van der Waals surface area contributed by atoms with Crippen molar-refractivity contribution in [3.8, 4) is 0 Å². The van der Waals surface area contributed by atoms with Crippen LogP contribution in [0.4, 0.5) is 0 Å². The van der Waals surface area contributed by atoms with Crippen molar-refractivity contribution < 1.29 is 9.90 Å². The zero-order valence-corrected chi connectivity index (χ0v) is 6.74. The average molecular weight is 152 g/mol. The number of allylic oxidation sites excluding steroid dienone is 3.